The molecule has 0 spiro atoms. The highest BCUT2D eigenvalue weighted by molar-refractivity contribution is 6.16. The van der Waals surface area contributed by atoms with Crippen molar-refractivity contribution >= 4 is 11.6 Å². The van der Waals surface area contributed by atoms with Crippen molar-refractivity contribution in [1.82, 2.24) is 14.8 Å². The van der Waals surface area contributed by atoms with E-state index >= 15 is 0 Å². The van der Waals surface area contributed by atoms with E-state index in [1.807, 2.05) is 6.07 Å². The van der Waals surface area contributed by atoms with Crippen LogP contribution in [0.2, 0.25) is 0 Å². The molecule has 1 heterocycles. The maximum atomic E-state index is 5.90. The molecular formula is C13H14ClN3. The summed E-state index contributed by atoms with van der Waals surface area (Å²) in [7, 11) is 0. The van der Waals surface area contributed by atoms with Crippen LogP contribution in [0.25, 0.3) is 0 Å². The van der Waals surface area contributed by atoms with Crippen LogP contribution in [0, 0.1) is 0 Å². The molecular weight excluding hydrogens is 234 g/mol. The van der Waals surface area contributed by atoms with Crippen molar-refractivity contribution in [2.45, 2.75) is 31.2 Å². The maximum absolute atomic E-state index is 5.90. The first-order valence-corrected chi connectivity index (χ1v) is 6.44. The van der Waals surface area contributed by atoms with Gasteiger partial charge < -0.3 is 4.57 Å². The number of hydrogen-bond donors (Lipinski definition) is 0. The lowest BCUT2D eigenvalue weighted by molar-refractivity contribution is 0.669. The van der Waals surface area contributed by atoms with Crippen LogP contribution in [0.1, 0.15) is 36.1 Å². The third kappa shape index (κ3) is 2.20. The van der Waals surface area contributed by atoms with Crippen LogP contribution in [0.15, 0.2) is 30.3 Å². The van der Waals surface area contributed by atoms with Gasteiger partial charge in [0.05, 0.1) is 5.88 Å². The molecule has 1 aliphatic carbocycles. The molecule has 4 heteroatoms. The summed E-state index contributed by atoms with van der Waals surface area (Å²) in [5.74, 6) is 2.38. The van der Waals surface area contributed by atoms with Crippen LogP contribution in [-0.2, 0) is 12.3 Å². The Kier molecular flexibility index (Phi) is 2.85. The number of benzene rings is 1. The van der Waals surface area contributed by atoms with Gasteiger partial charge in [-0.05, 0) is 18.4 Å². The lowest BCUT2D eigenvalue weighted by Gasteiger charge is -2.07. The summed E-state index contributed by atoms with van der Waals surface area (Å²) in [6.07, 6.45) is 3.29. The van der Waals surface area contributed by atoms with E-state index in [1.54, 1.807) is 0 Å². The Morgan fingerprint density at radius 2 is 1.82 bits per heavy atom. The van der Waals surface area contributed by atoms with Crippen LogP contribution in [0.3, 0.4) is 0 Å². The molecule has 0 radical (unpaired) electrons. The zero-order chi connectivity index (χ0) is 11.7. The van der Waals surface area contributed by atoms with Crippen LogP contribution in [0.5, 0.6) is 0 Å². The number of nitrogens with zero attached hydrogens (tertiary/aromatic N) is 3. The van der Waals surface area contributed by atoms with E-state index in [0.29, 0.717) is 11.9 Å². The van der Waals surface area contributed by atoms with Crippen molar-refractivity contribution in [1.29, 1.82) is 0 Å². The second kappa shape index (κ2) is 4.49. The van der Waals surface area contributed by atoms with Gasteiger partial charge in [0.15, 0.2) is 0 Å². The van der Waals surface area contributed by atoms with E-state index in [2.05, 4.69) is 39.0 Å². The second-order valence-corrected chi connectivity index (χ2v) is 4.70. The summed E-state index contributed by atoms with van der Waals surface area (Å²) in [6.45, 7) is 0. The molecule has 1 aliphatic rings. The van der Waals surface area contributed by atoms with Crippen molar-refractivity contribution in [3.63, 3.8) is 0 Å². The molecule has 1 aromatic heterocycles. The second-order valence-electron chi connectivity index (χ2n) is 4.43. The molecule has 17 heavy (non-hydrogen) atoms. The Balaban J connectivity index is 1.90. The highest BCUT2D eigenvalue weighted by Crippen LogP contribution is 2.37. The minimum Gasteiger partial charge on any atom is -0.311 e. The smallest absolute Gasteiger partial charge is 0.148 e. The van der Waals surface area contributed by atoms with E-state index in [-0.39, 0.29) is 0 Å². The first kappa shape index (κ1) is 10.8. The highest BCUT2D eigenvalue weighted by atomic mass is 35.5. The third-order valence-electron chi connectivity index (χ3n) is 3.07. The first-order chi connectivity index (χ1) is 8.38. The normalized spacial score (nSPS) is 15.1. The van der Waals surface area contributed by atoms with Crippen molar-refractivity contribution in [3.8, 4) is 0 Å². The van der Waals surface area contributed by atoms with Gasteiger partial charge in [-0.25, -0.2) is 0 Å². The van der Waals surface area contributed by atoms with Gasteiger partial charge in [-0.2, -0.15) is 0 Å². The molecule has 0 atom stereocenters. The SMILES string of the molecule is ClCc1nnc(Cc2ccccc2)n1C1CC1. The van der Waals surface area contributed by atoms with Crippen LogP contribution in [0.4, 0.5) is 0 Å². The predicted octanol–water partition coefficient (Wildman–Crippen LogP) is 2.94. The molecule has 0 saturated heterocycles. The topological polar surface area (TPSA) is 30.7 Å². The Labute approximate surface area is 105 Å². The monoisotopic (exact) mass is 247 g/mol. The molecule has 0 N–H and O–H groups in total. The summed E-state index contributed by atoms with van der Waals surface area (Å²) in [5.41, 5.74) is 1.27. The highest BCUT2D eigenvalue weighted by Gasteiger charge is 2.28. The summed E-state index contributed by atoms with van der Waals surface area (Å²) in [5, 5.41) is 8.45. The average Bonchev–Trinajstić information content (AvgIpc) is 3.13. The fraction of sp³-hybridized carbons (Fsp3) is 0.385. The van der Waals surface area contributed by atoms with Gasteiger partial charge in [0.1, 0.15) is 11.6 Å². The van der Waals surface area contributed by atoms with Crippen molar-refractivity contribution in [2.75, 3.05) is 0 Å². The molecule has 3 nitrogen and oxygen atoms in total. The molecule has 88 valence electrons. The van der Waals surface area contributed by atoms with E-state index in [4.69, 9.17) is 11.6 Å². The van der Waals surface area contributed by atoms with E-state index in [1.165, 1.54) is 18.4 Å². The molecule has 2 aromatic rings. The maximum Gasteiger partial charge on any atom is 0.148 e. The summed E-state index contributed by atoms with van der Waals surface area (Å²) < 4.78 is 2.22. The molecule has 1 saturated carbocycles. The zero-order valence-corrected chi connectivity index (χ0v) is 10.3. The van der Waals surface area contributed by atoms with Gasteiger partial charge in [0, 0.05) is 12.5 Å². The minimum atomic E-state index is 0.443. The summed E-state index contributed by atoms with van der Waals surface area (Å²) in [4.78, 5) is 0. The number of alkyl halides is 1. The van der Waals surface area contributed by atoms with Crippen molar-refractivity contribution < 1.29 is 0 Å². The minimum absolute atomic E-state index is 0.443. The van der Waals surface area contributed by atoms with Gasteiger partial charge in [0.2, 0.25) is 0 Å². The molecule has 1 aromatic carbocycles. The number of rotatable bonds is 4. The Morgan fingerprint density at radius 1 is 1.12 bits per heavy atom. The third-order valence-corrected chi connectivity index (χ3v) is 3.31. The summed E-state index contributed by atoms with van der Waals surface area (Å²) in [6, 6.07) is 10.9. The largest absolute Gasteiger partial charge is 0.311 e. The van der Waals surface area contributed by atoms with Gasteiger partial charge in [0.25, 0.3) is 0 Å². The van der Waals surface area contributed by atoms with Crippen LogP contribution >= 0.6 is 11.6 Å². The quantitative estimate of drug-likeness (QED) is 0.778. The Hall–Kier alpha value is -1.35. The Morgan fingerprint density at radius 3 is 2.47 bits per heavy atom. The fourth-order valence-electron chi connectivity index (χ4n) is 2.11. The lowest BCUT2D eigenvalue weighted by atomic mass is 10.1. The molecule has 3 rings (SSSR count). The van der Waals surface area contributed by atoms with Crippen molar-refractivity contribution in [3.05, 3.63) is 47.5 Å². The van der Waals surface area contributed by atoms with E-state index < -0.39 is 0 Å². The molecule has 0 amide bonds. The predicted molar refractivity (Wildman–Crippen MR) is 67.1 cm³/mol. The molecule has 0 unspecified atom stereocenters. The van der Waals surface area contributed by atoms with Crippen LogP contribution in [-0.4, -0.2) is 14.8 Å². The molecule has 1 fully saturated rings. The lowest BCUT2D eigenvalue weighted by Crippen LogP contribution is -2.05. The number of hydrogen-bond acceptors (Lipinski definition) is 2. The number of aromatic nitrogens is 3. The van der Waals surface area contributed by atoms with E-state index in [9.17, 15) is 0 Å². The fourth-order valence-corrected chi connectivity index (χ4v) is 2.29. The number of halogens is 1. The van der Waals surface area contributed by atoms with Gasteiger partial charge in [-0.15, -0.1) is 21.8 Å². The summed E-state index contributed by atoms with van der Waals surface area (Å²) >= 11 is 5.90. The molecule has 0 aliphatic heterocycles. The Bertz CT molecular complexity index is 503. The van der Waals surface area contributed by atoms with Gasteiger partial charge >= 0.3 is 0 Å². The standard InChI is InChI=1S/C13H14ClN3/c14-9-13-16-15-12(17(13)11-6-7-11)8-10-4-2-1-3-5-10/h1-5,11H,6-9H2. The average molecular weight is 248 g/mol. The molecule has 0 bridgehead atoms. The van der Waals surface area contributed by atoms with Crippen molar-refractivity contribution in [2.24, 2.45) is 0 Å². The van der Waals surface area contributed by atoms with Gasteiger partial charge in [-0.1, -0.05) is 30.3 Å². The van der Waals surface area contributed by atoms with Crippen LogP contribution < -0.4 is 0 Å². The zero-order valence-electron chi connectivity index (χ0n) is 9.51. The van der Waals surface area contributed by atoms with E-state index in [0.717, 1.165) is 18.1 Å². The first-order valence-electron chi connectivity index (χ1n) is 5.91. The van der Waals surface area contributed by atoms with Gasteiger partial charge in [-0.3, -0.25) is 0 Å².